The highest BCUT2D eigenvalue weighted by molar-refractivity contribution is 5.94. The Morgan fingerprint density at radius 2 is 2.08 bits per heavy atom. The fraction of sp³-hybridized carbons (Fsp3) is 0.300. The largest absolute Gasteiger partial charge is 0.441 e. The lowest BCUT2D eigenvalue weighted by atomic mass is 10.0. The van der Waals surface area contributed by atoms with Crippen LogP contribution in [-0.4, -0.2) is 28.4 Å². The first-order valence-electron chi connectivity index (χ1n) is 8.61. The van der Waals surface area contributed by atoms with Crippen LogP contribution >= 0.6 is 0 Å². The molecule has 0 bridgehead atoms. The molecule has 4 rings (SSSR count). The van der Waals surface area contributed by atoms with Crippen molar-refractivity contribution in [3.63, 3.8) is 0 Å². The lowest BCUT2D eigenvalue weighted by molar-refractivity contribution is -0.122. The Balaban J connectivity index is 1.67. The molecule has 1 aromatic heterocycles. The van der Waals surface area contributed by atoms with Crippen molar-refractivity contribution in [3.8, 4) is 11.5 Å². The summed E-state index contributed by atoms with van der Waals surface area (Å²) in [6.45, 7) is 3.38. The molecule has 0 spiro atoms. The van der Waals surface area contributed by atoms with Crippen molar-refractivity contribution in [1.29, 1.82) is 0 Å². The van der Waals surface area contributed by atoms with Crippen molar-refractivity contribution in [2.45, 2.75) is 32.4 Å². The average molecular weight is 335 g/mol. The Bertz CT molecular complexity index is 926. The Hall–Kier alpha value is -2.66. The van der Waals surface area contributed by atoms with Gasteiger partial charge in [-0.05, 0) is 43.1 Å². The monoisotopic (exact) mass is 335 g/mol. The predicted octanol–water partition coefficient (Wildman–Crippen LogP) is 3.25. The summed E-state index contributed by atoms with van der Waals surface area (Å²) in [4.78, 5) is 18.4. The Morgan fingerprint density at radius 1 is 1.28 bits per heavy atom. The summed E-state index contributed by atoms with van der Waals surface area (Å²) in [5.74, 6) is 1.16. The molecule has 2 N–H and O–H groups in total. The van der Waals surface area contributed by atoms with Crippen LogP contribution in [0.25, 0.3) is 22.2 Å². The maximum absolute atomic E-state index is 11.6. The van der Waals surface area contributed by atoms with E-state index < -0.39 is 0 Å². The van der Waals surface area contributed by atoms with Gasteiger partial charge in [0.2, 0.25) is 11.8 Å². The number of carbonyl (C=O) groups excluding carboxylic acids is 1. The number of fused-ring (bicyclic) bond motifs is 1. The van der Waals surface area contributed by atoms with Gasteiger partial charge in [0.05, 0.1) is 11.7 Å². The number of benzene rings is 2. The maximum atomic E-state index is 11.6. The minimum atomic E-state index is -0.257. The van der Waals surface area contributed by atoms with Gasteiger partial charge < -0.3 is 10.2 Å². The van der Waals surface area contributed by atoms with Gasteiger partial charge in [-0.2, -0.15) is 0 Å². The first kappa shape index (κ1) is 15.8. The van der Waals surface area contributed by atoms with Crippen molar-refractivity contribution >= 4 is 16.7 Å². The molecule has 2 aromatic carbocycles. The summed E-state index contributed by atoms with van der Waals surface area (Å²) in [7, 11) is 0. The molecule has 5 heteroatoms. The van der Waals surface area contributed by atoms with Crippen LogP contribution in [0.1, 0.15) is 24.3 Å². The first-order chi connectivity index (χ1) is 12.1. The van der Waals surface area contributed by atoms with E-state index in [9.17, 15) is 4.79 Å². The van der Waals surface area contributed by atoms with Gasteiger partial charge in [0.1, 0.15) is 5.76 Å². The number of likely N-dealkylation sites (tertiary alicyclic amines) is 1. The van der Waals surface area contributed by atoms with E-state index in [1.165, 1.54) is 0 Å². The third kappa shape index (κ3) is 2.91. The van der Waals surface area contributed by atoms with Gasteiger partial charge in [-0.1, -0.05) is 36.4 Å². The van der Waals surface area contributed by atoms with Gasteiger partial charge in [0.25, 0.3) is 0 Å². The number of oxazole rings is 1. The third-order valence-electron chi connectivity index (χ3n) is 4.96. The highest BCUT2D eigenvalue weighted by atomic mass is 16.4. The normalized spacial score (nSPS) is 18.0. The third-order valence-corrected chi connectivity index (χ3v) is 4.96. The molecular formula is C20H21N3O2. The van der Waals surface area contributed by atoms with Crippen LogP contribution in [0.3, 0.4) is 0 Å². The summed E-state index contributed by atoms with van der Waals surface area (Å²) >= 11 is 0. The second-order valence-electron chi connectivity index (χ2n) is 6.58. The van der Waals surface area contributed by atoms with Gasteiger partial charge in [-0.25, -0.2) is 4.98 Å². The van der Waals surface area contributed by atoms with Crippen molar-refractivity contribution in [2.75, 3.05) is 6.54 Å². The highest BCUT2D eigenvalue weighted by Gasteiger charge is 2.30. The number of nitrogens with two attached hydrogens (primary N) is 1. The number of nitrogens with zero attached hydrogens (tertiary/aromatic N) is 2. The standard InChI is InChI=1S/C20H21N3O2/c1-13-17(12-23-11-5-10-18(23)19(21)24)22-20(25-13)16-9-4-7-14-6-2-3-8-15(14)16/h2-4,6-9,18H,5,10-12H2,1H3,(H2,21,24)/t18-/m0/s1. The van der Waals surface area contributed by atoms with Gasteiger partial charge in [-0.15, -0.1) is 0 Å². The number of aromatic nitrogens is 1. The van der Waals surface area contributed by atoms with E-state index in [0.717, 1.165) is 47.2 Å². The maximum Gasteiger partial charge on any atom is 0.234 e. The number of aryl methyl sites for hydroxylation is 1. The number of carbonyl (C=O) groups is 1. The van der Waals surface area contributed by atoms with Crippen LogP contribution in [0.4, 0.5) is 0 Å². The van der Waals surface area contributed by atoms with E-state index in [2.05, 4.69) is 23.1 Å². The molecule has 1 atom stereocenters. The lowest BCUT2D eigenvalue weighted by Crippen LogP contribution is -2.39. The fourth-order valence-electron chi connectivity index (χ4n) is 3.63. The van der Waals surface area contributed by atoms with E-state index in [0.29, 0.717) is 12.4 Å². The topological polar surface area (TPSA) is 72.4 Å². The zero-order valence-electron chi connectivity index (χ0n) is 14.2. The highest BCUT2D eigenvalue weighted by Crippen LogP contribution is 2.30. The molecule has 0 aliphatic carbocycles. The van der Waals surface area contributed by atoms with Crippen LogP contribution in [0.15, 0.2) is 46.9 Å². The Labute approximate surface area is 146 Å². The molecular weight excluding hydrogens is 314 g/mol. The zero-order valence-corrected chi connectivity index (χ0v) is 14.2. The SMILES string of the molecule is Cc1oc(-c2cccc3ccccc23)nc1CN1CCC[C@H]1C(N)=O. The van der Waals surface area contributed by atoms with Crippen LogP contribution in [0.5, 0.6) is 0 Å². The second-order valence-corrected chi connectivity index (χ2v) is 6.58. The molecule has 1 saturated heterocycles. The van der Waals surface area contributed by atoms with Gasteiger partial charge in [0.15, 0.2) is 0 Å². The Kier molecular flexibility index (Phi) is 4.01. The lowest BCUT2D eigenvalue weighted by Gasteiger charge is -2.20. The zero-order chi connectivity index (χ0) is 17.4. The molecule has 1 aliphatic rings. The minimum absolute atomic E-state index is 0.197. The molecule has 2 heterocycles. The van der Waals surface area contributed by atoms with Gasteiger partial charge in [0, 0.05) is 12.1 Å². The van der Waals surface area contributed by atoms with Gasteiger partial charge >= 0.3 is 0 Å². The molecule has 0 radical (unpaired) electrons. The molecule has 1 amide bonds. The number of primary amides is 1. The number of hydrogen-bond acceptors (Lipinski definition) is 4. The van der Waals surface area contributed by atoms with Crippen molar-refractivity contribution in [3.05, 3.63) is 53.9 Å². The molecule has 1 fully saturated rings. The van der Waals surface area contributed by atoms with Crippen molar-refractivity contribution in [2.24, 2.45) is 5.73 Å². The van der Waals surface area contributed by atoms with E-state index in [4.69, 9.17) is 15.1 Å². The summed E-state index contributed by atoms with van der Waals surface area (Å²) in [5.41, 5.74) is 7.37. The summed E-state index contributed by atoms with van der Waals surface area (Å²) in [5, 5.41) is 2.28. The first-order valence-corrected chi connectivity index (χ1v) is 8.61. The molecule has 1 aliphatic heterocycles. The molecule has 5 nitrogen and oxygen atoms in total. The summed E-state index contributed by atoms with van der Waals surface area (Å²) < 4.78 is 5.96. The van der Waals surface area contributed by atoms with Crippen molar-refractivity contribution in [1.82, 2.24) is 9.88 Å². The average Bonchev–Trinajstić information content (AvgIpc) is 3.22. The number of hydrogen-bond donors (Lipinski definition) is 1. The van der Waals surface area contributed by atoms with Crippen LogP contribution in [0, 0.1) is 6.92 Å². The molecule has 0 saturated carbocycles. The van der Waals surface area contributed by atoms with E-state index in [-0.39, 0.29) is 11.9 Å². The smallest absolute Gasteiger partial charge is 0.234 e. The summed E-state index contributed by atoms with van der Waals surface area (Å²) in [6.07, 6.45) is 1.81. The number of rotatable bonds is 4. The molecule has 0 unspecified atom stereocenters. The molecule has 3 aromatic rings. The molecule has 128 valence electrons. The van der Waals surface area contributed by atoms with E-state index in [1.807, 2.05) is 31.2 Å². The van der Waals surface area contributed by atoms with Crippen LogP contribution < -0.4 is 5.73 Å². The minimum Gasteiger partial charge on any atom is -0.441 e. The fourth-order valence-corrected chi connectivity index (χ4v) is 3.63. The second kappa shape index (κ2) is 6.33. The predicted molar refractivity (Wildman–Crippen MR) is 96.8 cm³/mol. The van der Waals surface area contributed by atoms with E-state index in [1.54, 1.807) is 0 Å². The molecule has 25 heavy (non-hydrogen) atoms. The quantitative estimate of drug-likeness (QED) is 0.794. The van der Waals surface area contributed by atoms with E-state index >= 15 is 0 Å². The number of amides is 1. The van der Waals surface area contributed by atoms with Crippen LogP contribution in [0.2, 0.25) is 0 Å². The van der Waals surface area contributed by atoms with Crippen molar-refractivity contribution < 1.29 is 9.21 Å². The summed E-state index contributed by atoms with van der Waals surface area (Å²) in [6, 6.07) is 14.1. The Morgan fingerprint density at radius 3 is 2.92 bits per heavy atom. The van der Waals surface area contributed by atoms with Crippen LogP contribution in [-0.2, 0) is 11.3 Å². The van der Waals surface area contributed by atoms with Gasteiger partial charge in [-0.3, -0.25) is 9.69 Å².